The van der Waals surface area contributed by atoms with E-state index in [1.807, 2.05) is 79.7 Å². The number of carbonyl (C=O) groups is 1. The molecule has 1 amide bonds. The van der Waals surface area contributed by atoms with Gasteiger partial charge in [0.15, 0.2) is 0 Å². The molecule has 0 spiro atoms. The summed E-state index contributed by atoms with van der Waals surface area (Å²) in [5, 5.41) is 3.06. The number of hydrogen-bond donors (Lipinski definition) is 1. The van der Waals surface area contributed by atoms with Crippen molar-refractivity contribution >= 4 is 16.9 Å². The van der Waals surface area contributed by atoms with Crippen LogP contribution in [0.1, 0.15) is 29.1 Å². The van der Waals surface area contributed by atoms with Gasteiger partial charge in [-0.2, -0.15) is 0 Å². The Bertz CT molecular complexity index is 1090. The smallest absolute Gasteiger partial charge is 0.251 e. The minimum absolute atomic E-state index is 0.114. The molecule has 0 aliphatic heterocycles. The topological polar surface area (TPSA) is 56.2 Å². The minimum atomic E-state index is -0.244. The van der Waals surface area contributed by atoms with Crippen LogP contribution >= 0.6 is 0 Å². The van der Waals surface area contributed by atoms with E-state index in [1.165, 1.54) is 0 Å². The number of hydrogen-bond acceptors (Lipinski definition) is 3. The van der Waals surface area contributed by atoms with Crippen molar-refractivity contribution < 1.29 is 9.53 Å². The SMILES string of the molecule is CC(NC(=O)c1ccccc1)c1nc2ccccc2n1CCOc1ccccc1. The van der Waals surface area contributed by atoms with Gasteiger partial charge in [0, 0.05) is 5.56 Å². The highest BCUT2D eigenvalue weighted by molar-refractivity contribution is 5.94. The van der Waals surface area contributed by atoms with E-state index in [1.54, 1.807) is 12.1 Å². The molecule has 1 heterocycles. The third kappa shape index (κ3) is 4.29. The van der Waals surface area contributed by atoms with Crippen LogP contribution < -0.4 is 10.1 Å². The highest BCUT2D eigenvalue weighted by Crippen LogP contribution is 2.21. The van der Waals surface area contributed by atoms with Crippen LogP contribution in [0.2, 0.25) is 0 Å². The summed E-state index contributed by atoms with van der Waals surface area (Å²) in [6.07, 6.45) is 0. The second-order valence-corrected chi connectivity index (χ2v) is 6.83. The summed E-state index contributed by atoms with van der Waals surface area (Å²) in [5.74, 6) is 1.54. The van der Waals surface area contributed by atoms with E-state index in [2.05, 4.69) is 9.88 Å². The number of nitrogens with one attached hydrogen (secondary N) is 1. The van der Waals surface area contributed by atoms with Gasteiger partial charge in [-0.25, -0.2) is 4.98 Å². The number of rotatable bonds is 7. The fourth-order valence-electron chi connectivity index (χ4n) is 3.37. The van der Waals surface area contributed by atoms with Crippen molar-refractivity contribution in [2.75, 3.05) is 6.61 Å². The number of amides is 1. The largest absolute Gasteiger partial charge is 0.492 e. The van der Waals surface area contributed by atoms with Crippen molar-refractivity contribution in [3.05, 3.63) is 96.3 Å². The Balaban J connectivity index is 1.54. The minimum Gasteiger partial charge on any atom is -0.492 e. The number of nitrogens with zero attached hydrogens (tertiary/aromatic N) is 2. The zero-order valence-corrected chi connectivity index (χ0v) is 16.3. The highest BCUT2D eigenvalue weighted by Gasteiger charge is 2.19. The Labute approximate surface area is 170 Å². The molecule has 1 unspecified atom stereocenters. The summed E-state index contributed by atoms with van der Waals surface area (Å²) in [5.41, 5.74) is 2.57. The quantitative estimate of drug-likeness (QED) is 0.506. The number of aromatic nitrogens is 2. The zero-order valence-electron chi connectivity index (χ0n) is 16.3. The van der Waals surface area contributed by atoms with Crippen LogP contribution in [0.25, 0.3) is 11.0 Å². The van der Waals surface area contributed by atoms with E-state index < -0.39 is 0 Å². The molecular weight excluding hydrogens is 362 g/mol. The summed E-state index contributed by atoms with van der Waals surface area (Å²) < 4.78 is 8.00. The van der Waals surface area contributed by atoms with Crippen molar-refractivity contribution in [3.63, 3.8) is 0 Å². The van der Waals surface area contributed by atoms with Crippen LogP contribution in [0.15, 0.2) is 84.9 Å². The van der Waals surface area contributed by atoms with Crippen molar-refractivity contribution in [1.82, 2.24) is 14.9 Å². The summed E-state index contributed by atoms with van der Waals surface area (Å²) in [7, 11) is 0. The maximum atomic E-state index is 12.6. The van der Waals surface area contributed by atoms with Gasteiger partial charge in [0.2, 0.25) is 0 Å². The van der Waals surface area contributed by atoms with Crippen LogP contribution in [-0.2, 0) is 6.54 Å². The van der Waals surface area contributed by atoms with Gasteiger partial charge in [0.1, 0.15) is 18.2 Å². The summed E-state index contributed by atoms with van der Waals surface area (Å²) in [6, 6.07) is 26.7. The van der Waals surface area contributed by atoms with Gasteiger partial charge < -0.3 is 14.6 Å². The molecule has 0 fully saturated rings. The van der Waals surface area contributed by atoms with Crippen LogP contribution in [0.3, 0.4) is 0 Å². The lowest BCUT2D eigenvalue weighted by atomic mass is 10.2. The Morgan fingerprint density at radius 2 is 1.62 bits per heavy atom. The molecule has 3 aromatic carbocycles. The normalized spacial score (nSPS) is 11.9. The van der Waals surface area contributed by atoms with E-state index >= 15 is 0 Å². The monoisotopic (exact) mass is 385 g/mol. The maximum absolute atomic E-state index is 12.6. The molecule has 146 valence electrons. The van der Waals surface area contributed by atoms with E-state index in [-0.39, 0.29) is 11.9 Å². The van der Waals surface area contributed by atoms with Gasteiger partial charge in [-0.3, -0.25) is 4.79 Å². The van der Waals surface area contributed by atoms with Gasteiger partial charge in [-0.1, -0.05) is 48.5 Å². The second kappa shape index (κ2) is 8.61. The predicted octanol–water partition coefficient (Wildman–Crippen LogP) is 4.61. The highest BCUT2D eigenvalue weighted by atomic mass is 16.5. The lowest BCUT2D eigenvalue weighted by Gasteiger charge is -2.17. The van der Waals surface area contributed by atoms with Crippen molar-refractivity contribution in [1.29, 1.82) is 0 Å². The van der Waals surface area contributed by atoms with Gasteiger partial charge in [-0.05, 0) is 43.3 Å². The van der Waals surface area contributed by atoms with Crippen molar-refractivity contribution in [3.8, 4) is 5.75 Å². The molecule has 5 heteroatoms. The summed E-state index contributed by atoms with van der Waals surface area (Å²) in [4.78, 5) is 17.4. The molecular formula is C24H23N3O2. The first kappa shape index (κ1) is 18.7. The fourth-order valence-corrected chi connectivity index (χ4v) is 3.37. The van der Waals surface area contributed by atoms with Gasteiger partial charge in [0.25, 0.3) is 5.91 Å². The Morgan fingerprint density at radius 3 is 2.38 bits per heavy atom. The average Bonchev–Trinajstić information content (AvgIpc) is 3.14. The number of fused-ring (bicyclic) bond motifs is 1. The number of benzene rings is 3. The molecule has 5 nitrogen and oxygen atoms in total. The van der Waals surface area contributed by atoms with Crippen LogP contribution in [0.5, 0.6) is 5.75 Å². The number of imidazole rings is 1. The third-order valence-electron chi connectivity index (χ3n) is 4.78. The van der Waals surface area contributed by atoms with E-state index in [4.69, 9.17) is 9.72 Å². The van der Waals surface area contributed by atoms with E-state index in [9.17, 15) is 4.79 Å². The van der Waals surface area contributed by atoms with Gasteiger partial charge in [-0.15, -0.1) is 0 Å². The summed E-state index contributed by atoms with van der Waals surface area (Å²) in [6.45, 7) is 3.10. The standard InChI is InChI=1S/C24H23N3O2/c1-18(25-24(28)19-10-4-2-5-11-19)23-26-21-14-8-9-15-22(21)27(23)16-17-29-20-12-6-3-7-13-20/h2-15,18H,16-17H2,1H3,(H,25,28). The number of carbonyl (C=O) groups excluding carboxylic acids is 1. The van der Waals surface area contributed by atoms with Gasteiger partial charge in [0.05, 0.1) is 23.6 Å². The molecule has 0 saturated carbocycles. The first-order valence-electron chi connectivity index (χ1n) is 9.71. The molecule has 1 N–H and O–H groups in total. The fraction of sp³-hybridized carbons (Fsp3) is 0.167. The van der Waals surface area contributed by atoms with Crippen molar-refractivity contribution in [2.24, 2.45) is 0 Å². The average molecular weight is 385 g/mol. The molecule has 29 heavy (non-hydrogen) atoms. The lowest BCUT2D eigenvalue weighted by Crippen LogP contribution is -2.29. The molecule has 0 saturated heterocycles. The number of para-hydroxylation sites is 3. The molecule has 1 atom stereocenters. The molecule has 0 aliphatic rings. The number of ether oxygens (including phenoxy) is 1. The predicted molar refractivity (Wildman–Crippen MR) is 114 cm³/mol. The molecule has 0 radical (unpaired) electrons. The second-order valence-electron chi connectivity index (χ2n) is 6.83. The van der Waals surface area contributed by atoms with E-state index in [0.717, 1.165) is 22.6 Å². The first-order chi connectivity index (χ1) is 14.2. The van der Waals surface area contributed by atoms with Crippen LogP contribution in [-0.4, -0.2) is 22.1 Å². The van der Waals surface area contributed by atoms with Gasteiger partial charge >= 0.3 is 0 Å². The van der Waals surface area contributed by atoms with Crippen LogP contribution in [0, 0.1) is 0 Å². The lowest BCUT2D eigenvalue weighted by molar-refractivity contribution is 0.0937. The molecule has 4 aromatic rings. The molecule has 0 aliphatic carbocycles. The first-order valence-corrected chi connectivity index (χ1v) is 9.71. The maximum Gasteiger partial charge on any atom is 0.251 e. The van der Waals surface area contributed by atoms with Crippen LogP contribution in [0.4, 0.5) is 0 Å². The molecule has 1 aromatic heterocycles. The molecule has 0 bridgehead atoms. The Morgan fingerprint density at radius 1 is 0.966 bits per heavy atom. The van der Waals surface area contributed by atoms with Crippen molar-refractivity contribution in [2.45, 2.75) is 19.5 Å². The zero-order chi connectivity index (χ0) is 20.1. The summed E-state index contributed by atoms with van der Waals surface area (Å²) >= 11 is 0. The third-order valence-corrected chi connectivity index (χ3v) is 4.78. The molecule has 4 rings (SSSR count). The van der Waals surface area contributed by atoms with E-state index in [0.29, 0.717) is 18.7 Å². The Kier molecular flexibility index (Phi) is 5.56. The Hall–Kier alpha value is -3.60.